The molecule has 8 nitrogen and oxygen atoms in total. The molecule has 0 aromatic rings. The fourth-order valence-corrected chi connectivity index (χ4v) is 9.46. The van der Waals surface area contributed by atoms with Crippen LogP contribution in [0.4, 0.5) is 0 Å². The lowest BCUT2D eigenvalue weighted by Gasteiger charge is -2.58. The van der Waals surface area contributed by atoms with Crippen LogP contribution >= 0.6 is 0 Å². The van der Waals surface area contributed by atoms with E-state index in [9.17, 15) is 19.8 Å². The smallest absolute Gasteiger partial charge is 0.305 e. The van der Waals surface area contributed by atoms with Gasteiger partial charge in [0.25, 0.3) is 5.91 Å². The number of hydrogen-bond donors (Lipinski definition) is 3. The molecule has 0 aromatic carbocycles. The van der Waals surface area contributed by atoms with Gasteiger partial charge in [0.15, 0.2) is 6.61 Å². The average molecular weight is 569 g/mol. The first-order valence-electron chi connectivity index (χ1n) is 15.6. The molecule has 5 rings (SSSR count). The van der Waals surface area contributed by atoms with Gasteiger partial charge in [-0.05, 0) is 113 Å². The summed E-state index contributed by atoms with van der Waals surface area (Å²) in [5.41, 5.74) is 0.883. The Bertz CT molecular complexity index is 1150. The van der Waals surface area contributed by atoms with Crippen molar-refractivity contribution in [3.05, 3.63) is 11.6 Å². The van der Waals surface area contributed by atoms with Crippen LogP contribution in [0.1, 0.15) is 98.3 Å². The van der Waals surface area contributed by atoms with Crippen molar-refractivity contribution < 1.29 is 29.4 Å². The minimum Gasteiger partial charge on any atom is -0.481 e. The van der Waals surface area contributed by atoms with Crippen molar-refractivity contribution in [2.75, 3.05) is 13.2 Å². The maximum absolute atomic E-state index is 12.7. The predicted molar refractivity (Wildman–Crippen MR) is 156 cm³/mol. The standard InChI is InChI=1S/C33H48N2O6/c1-6-33(39)15-11-26-24-8-7-22-17-23(9-13-31(22,4)25(24)10-14-32(26,33)5)35-41-20-28(36)34-27(18-29(37)38)21-12-16-40-30(2,3)19-21/h1,17,21,24-27,39H,7-16,18-20H2,2-5H3,(H,34,36)(H,37,38)/t21-,24-,25+,26-,27-,31+,32+,33+/m1/s1. The summed E-state index contributed by atoms with van der Waals surface area (Å²) >= 11 is 0. The van der Waals surface area contributed by atoms with E-state index < -0.39 is 17.6 Å². The second kappa shape index (κ2) is 11.0. The van der Waals surface area contributed by atoms with E-state index in [-0.39, 0.29) is 41.3 Å². The van der Waals surface area contributed by atoms with Crippen molar-refractivity contribution in [3.63, 3.8) is 0 Å². The Balaban J connectivity index is 1.19. The van der Waals surface area contributed by atoms with E-state index in [4.69, 9.17) is 16.0 Å². The number of terminal acetylenes is 1. The topological polar surface area (TPSA) is 117 Å². The van der Waals surface area contributed by atoms with E-state index in [2.05, 4.69) is 36.3 Å². The van der Waals surface area contributed by atoms with Crippen LogP contribution in [0.15, 0.2) is 16.8 Å². The van der Waals surface area contributed by atoms with E-state index >= 15 is 0 Å². The molecular weight excluding hydrogens is 520 g/mol. The Hall–Kier alpha value is -2.37. The summed E-state index contributed by atoms with van der Waals surface area (Å²) in [7, 11) is 0. The van der Waals surface area contributed by atoms with Crippen molar-refractivity contribution in [1.29, 1.82) is 0 Å². The van der Waals surface area contributed by atoms with Crippen molar-refractivity contribution in [3.8, 4) is 12.3 Å². The first-order valence-corrected chi connectivity index (χ1v) is 15.6. The van der Waals surface area contributed by atoms with Crippen molar-refractivity contribution in [2.24, 2.45) is 39.7 Å². The van der Waals surface area contributed by atoms with Crippen LogP contribution in [0.2, 0.25) is 0 Å². The minimum atomic E-state index is -0.981. The second-order valence-electron chi connectivity index (χ2n) is 14.5. The van der Waals surface area contributed by atoms with Gasteiger partial charge in [0.2, 0.25) is 0 Å². The van der Waals surface area contributed by atoms with Crippen LogP contribution in [0, 0.1) is 46.8 Å². The van der Waals surface area contributed by atoms with E-state index in [0.717, 1.165) is 50.7 Å². The van der Waals surface area contributed by atoms with Gasteiger partial charge in [-0.15, -0.1) is 6.42 Å². The molecular formula is C33H48N2O6. The molecule has 0 unspecified atom stereocenters. The Labute approximate surface area is 244 Å². The SMILES string of the molecule is C#C[C@]1(O)CC[C@@H]2[C@@H]3CCC4=CC(=NOCC(=O)N[C@H](CC(=O)O)[C@@H]5CCOC(C)(C)C5)CC[C@]4(C)[C@H]3CC[C@@]21C. The lowest BCUT2D eigenvalue weighted by atomic mass is 9.46. The third-order valence-corrected chi connectivity index (χ3v) is 11.8. The average Bonchev–Trinajstić information content (AvgIpc) is 3.18. The van der Waals surface area contributed by atoms with Gasteiger partial charge >= 0.3 is 5.97 Å². The number of nitrogens with zero attached hydrogens (tertiary/aromatic N) is 1. The summed E-state index contributed by atoms with van der Waals surface area (Å²) in [5, 5.41) is 27.9. The molecule has 5 aliphatic rings. The number of ether oxygens (including phenoxy) is 1. The third-order valence-electron chi connectivity index (χ3n) is 11.8. The molecule has 1 heterocycles. The Kier molecular flexibility index (Phi) is 8.10. The summed E-state index contributed by atoms with van der Waals surface area (Å²) < 4.78 is 5.77. The van der Waals surface area contributed by atoms with Gasteiger partial charge in [0.05, 0.1) is 17.7 Å². The molecule has 0 bridgehead atoms. The van der Waals surface area contributed by atoms with Crippen LogP contribution in [-0.2, 0) is 19.2 Å². The number of fused-ring (bicyclic) bond motifs is 5. The number of carbonyl (C=O) groups excluding carboxylic acids is 1. The van der Waals surface area contributed by atoms with Gasteiger partial charge in [-0.1, -0.05) is 30.5 Å². The molecule has 1 aliphatic heterocycles. The molecule has 4 fully saturated rings. The largest absolute Gasteiger partial charge is 0.481 e. The van der Waals surface area contributed by atoms with Crippen LogP contribution in [-0.4, -0.2) is 58.3 Å². The van der Waals surface area contributed by atoms with E-state index in [1.165, 1.54) is 5.57 Å². The maximum atomic E-state index is 12.7. The van der Waals surface area contributed by atoms with Gasteiger partial charge in [-0.3, -0.25) is 9.59 Å². The lowest BCUT2D eigenvalue weighted by molar-refractivity contribution is -0.139. The lowest BCUT2D eigenvalue weighted by Crippen LogP contribution is -2.54. The second-order valence-corrected chi connectivity index (χ2v) is 14.5. The van der Waals surface area contributed by atoms with E-state index in [0.29, 0.717) is 43.6 Å². The Morgan fingerprint density at radius 1 is 1.15 bits per heavy atom. The molecule has 41 heavy (non-hydrogen) atoms. The maximum Gasteiger partial charge on any atom is 0.305 e. The van der Waals surface area contributed by atoms with Crippen LogP contribution in [0.3, 0.4) is 0 Å². The fourth-order valence-electron chi connectivity index (χ4n) is 9.46. The number of rotatable bonds is 7. The quantitative estimate of drug-likeness (QED) is 0.299. The van der Waals surface area contributed by atoms with Crippen LogP contribution in [0.5, 0.6) is 0 Å². The Morgan fingerprint density at radius 3 is 2.61 bits per heavy atom. The van der Waals surface area contributed by atoms with Gasteiger partial charge in [0.1, 0.15) is 5.60 Å². The number of oxime groups is 1. The zero-order chi connectivity index (χ0) is 29.6. The number of aliphatic carboxylic acids is 1. The highest BCUT2D eigenvalue weighted by molar-refractivity contribution is 5.96. The number of carboxylic acid groups (broad SMARTS) is 1. The number of nitrogens with one attached hydrogen (secondary N) is 1. The zero-order valence-electron chi connectivity index (χ0n) is 25.2. The normalized spacial score (nSPS) is 41.2. The van der Waals surface area contributed by atoms with Crippen molar-refractivity contribution >= 4 is 17.6 Å². The molecule has 0 aromatic heterocycles. The first-order chi connectivity index (χ1) is 19.3. The highest BCUT2D eigenvalue weighted by Gasteiger charge is 2.63. The van der Waals surface area contributed by atoms with Crippen LogP contribution < -0.4 is 5.32 Å². The molecule has 0 radical (unpaired) electrons. The highest BCUT2D eigenvalue weighted by Crippen LogP contribution is 2.67. The molecule has 8 heteroatoms. The minimum absolute atomic E-state index is 0.0308. The molecule has 226 valence electrons. The molecule has 3 N–H and O–H groups in total. The monoisotopic (exact) mass is 568 g/mol. The van der Waals surface area contributed by atoms with Gasteiger partial charge < -0.3 is 25.1 Å². The zero-order valence-corrected chi connectivity index (χ0v) is 25.2. The molecule has 1 amide bonds. The third kappa shape index (κ3) is 5.57. The van der Waals surface area contributed by atoms with E-state index in [1.807, 2.05) is 13.8 Å². The number of carbonyl (C=O) groups is 2. The molecule has 1 saturated heterocycles. The van der Waals surface area contributed by atoms with Crippen molar-refractivity contribution in [2.45, 2.75) is 116 Å². The van der Waals surface area contributed by atoms with Crippen molar-refractivity contribution in [1.82, 2.24) is 5.32 Å². The van der Waals surface area contributed by atoms with Gasteiger partial charge in [0, 0.05) is 18.1 Å². The van der Waals surface area contributed by atoms with E-state index in [1.54, 1.807) is 0 Å². The summed E-state index contributed by atoms with van der Waals surface area (Å²) in [5.74, 6) is 3.14. The number of hydrogen-bond acceptors (Lipinski definition) is 6. The number of aliphatic hydroxyl groups is 1. The molecule has 4 aliphatic carbocycles. The van der Waals surface area contributed by atoms with Crippen LogP contribution in [0.25, 0.3) is 0 Å². The number of amides is 1. The summed E-state index contributed by atoms with van der Waals surface area (Å²) in [4.78, 5) is 29.7. The molecule has 8 atom stereocenters. The first kappa shape index (κ1) is 30.1. The predicted octanol–water partition coefficient (Wildman–Crippen LogP) is 4.85. The number of carboxylic acids is 1. The summed E-state index contributed by atoms with van der Waals surface area (Å²) in [6.07, 6.45) is 17.0. The Morgan fingerprint density at radius 2 is 1.90 bits per heavy atom. The number of allylic oxidation sites excluding steroid dienone is 2. The van der Waals surface area contributed by atoms with Gasteiger partial charge in [-0.2, -0.15) is 0 Å². The highest BCUT2D eigenvalue weighted by atomic mass is 16.6. The summed E-state index contributed by atoms with van der Waals surface area (Å²) in [6.45, 7) is 8.93. The molecule has 0 spiro atoms. The fraction of sp³-hybridized carbons (Fsp3) is 0.788. The van der Waals surface area contributed by atoms with Gasteiger partial charge in [-0.25, -0.2) is 0 Å². The summed E-state index contributed by atoms with van der Waals surface area (Å²) in [6, 6.07) is -0.471. The molecule has 3 saturated carbocycles.